The van der Waals surface area contributed by atoms with Crippen LogP contribution >= 0.6 is 0 Å². The molecule has 1 aliphatic rings. The standard InChI is InChI=1S/C11H15FO4/c1-15-6-11(7-16-2)5-3-4-8(12)9(11)10(13)14/h3-5,9H,6-7H2,1-2H3,(H,13,14). The van der Waals surface area contributed by atoms with Gasteiger partial charge in [-0.2, -0.15) is 0 Å². The molecule has 1 N–H and O–H groups in total. The van der Waals surface area contributed by atoms with E-state index in [1.54, 1.807) is 6.08 Å². The molecule has 90 valence electrons. The summed E-state index contributed by atoms with van der Waals surface area (Å²) < 4.78 is 23.5. The molecule has 1 unspecified atom stereocenters. The van der Waals surface area contributed by atoms with Gasteiger partial charge in [-0.3, -0.25) is 4.79 Å². The van der Waals surface area contributed by atoms with Crippen LogP contribution in [0.25, 0.3) is 0 Å². The van der Waals surface area contributed by atoms with Crippen LogP contribution < -0.4 is 0 Å². The number of methoxy groups -OCH3 is 2. The molecule has 0 aromatic carbocycles. The lowest BCUT2D eigenvalue weighted by Gasteiger charge is -2.35. The third-order valence-corrected chi connectivity index (χ3v) is 2.61. The highest BCUT2D eigenvalue weighted by atomic mass is 19.1. The summed E-state index contributed by atoms with van der Waals surface area (Å²) in [6.45, 7) is 0.186. The molecule has 4 nitrogen and oxygen atoms in total. The van der Waals surface area contributed by atoms with Gasteiger partial charge < -0.3 is 14.6 Å². The Morgan fingerprint density at radius 2 is 2.06 bits per heavy atom. The maximum Gasteiger partial charge on any atom is 0.314 e. The highest BCUT2D eigenvalue weighted by molar-refractivity contribution is 5.75. The molecule has 0 radical (unpaired) electrons. The van der Waals surface area contributed by atoms with Crippen LogP contribution in [0.2, 0.25) is 0 Å². The van der Waals surface area contributed by atoms with Gasteiger partial charge in [0.05, 0.1) is 18.6 Å². The molecule has 0 amide bonds. The van der Waals surface area contributed by atoms with E-state index in [0.717, 1.165) is 6.08 Å². The van der Waals surface area contributed by atoms with E-state index in [-0.39, 0.29) is 13.2 Å². The average molecular weight is 230 g/mol. The molecule has 0 saturated heterocycles. The third kappa shape index (κ3) is 2.31. The summed E-state index contributed by atoms with van der Waals surface area (Å²) in [4.78, 5) is 11.1. The van der Waals surface area contributed by atoms with E-state index >= 15 is 0 Å². The predicted octanol–water partition coefficient (Wildman–Crippen LogP) is 1.39. The monoisotopic (exact) mass is 230 g/mol. The zero-order valence-electron chi connectivity index (χ0n) is 9.27. The van der Waals surface area contributed by atoms with Gasteiger partial charge in [-0.15, -0.1) is 0 Å². The van der Waals surface area contributed by atoms with Crippen molar-refractivity contribution in [2.75, 3.05) is 27.4 Å². The minimum Gasteiger partial charge on any atom is -0.481 e. The molecular weight excluding hydrogens is 215 g/mol. The number of aliphatic carboxylic acids is 1. The summed E-state index contributed by atoms with van der Waals surface area (Å²) in [6, 6.07) is 0. The summed E-state index contributed by atoms with van der Waals surface area (Å²) >= 11 is 0. The molecule has 0 aliphatic heterocycles. The molecule has 0 bridgehead atoms. The number of halogens is 1. The van der Waals surface area contributed by atoms with Crippen molar-refractivity contribution >= 4 is 5.97 Å². The first kappa shape index (κ1) is 12.9. The highest BCUT2D eigenvalue weighted by Crippen LogP contribution is 2.39. The molecule has 0 fully saturated rings. The van der Waals surface area contributed by atoms with Crippen molar-refractivity contribution < 1.29 is 23.8 Å². The fraction of sp³-hybridized carbons (Fsp3) is 0.545. The second-order valence-corrected chi connectivity index (χ2v) is 3.78. The molecule has 0 saturated carbocycles. The van der Waals surface area contributed by atoms with Crippen LogP contribution in [0, 0.1) is 11.3 Å². The summed E-state index contributed by atoms with van der Waals surface area (Å²) in [7, 11) is 2.89. The quantitative estimate of drug-likeness (QED) is 0.775. The zero-order valence-corrected chi connectivity index (χ0v) is 9.27. The van der Waals surface area contributed by atoms with Gasteiger partial charge in [-0.05, 0) is 6.08 Å². The number of allylic oxidation sites excluding steroid dienone is 2. The van der Waals surface area contributed by atoms with Crippen LogP contribution in [0.4, 0.5) is 4.39 Å². The Morgan fingerprint density at radius 3 is 2.50 bits per heavy atom. The van der Waals surface area contributed by atoms with E-state index in [0.29, 0.717) is 0 Å². The van der Waals surface area contributed by atoms with E-state index in [2.05, 4.69) is 0 Å². The van der Waals surface area contributed by atoms with Crippen LogP contribution in [0.1, 0.15) is 0 Å². The number of carboxylic acids is 1. The average Bonchev–Trinajstić information content (AvgIpc) is 2.17. The molecular formula is C11H15FO4. The number of hydrogen-bond donors (Lipinski definition) is 1. The Kier molecular flexibility index (Phi) is 4.20. The van der Waals surface area contributed by atoms with Gasteiger partial charge in [-0.1, -0.05) is 12.2 Å². The van der Waals surface area contributed by atoms with Crippen molar-refractivity contribution in [2.45, 2.75) is 0 Å². The topological polar surface area (TPSA) is 55.8 Å². The second kappa shape index (κ2) is 5.23. The summed E-state index contributed by atoms with van der Waals surface area (Å²) in [5.74, 6) is -3.14. The lowest BCUT2D eigenvalue weighted by molar-refractivity contribution is -0.147. The van der Waals surface area contributed by atoms with Crippen molar-refractivity contribution in [3.8, 4) is 0 Å². The van der Waals surface area contributed by atoms with Gasteiger partial charge >= 0.3 is 5.97 Å². The van der Waals surface area contributed by atoms with E-state index in [1.165, 1.54) is 20.3 Å². The van der Waals surface area contributed by atoms with E-state index in [1.807, 2.05) is 0 Å². The van der Waals surface area contributed by atoms with Gasteiger partial charge in [-0.25, -0.2) is 4.39 Å². The van der Waals surface area contributed by atoms with Crippen molar-refractivity contribution in [2.24, 2.45) is 11.3 Å². The Bertz CT molecular complexity index is 316. The minimum absolute atomic E-state index is 0.0928. The van der Waals surface area contributed by atoms with Gasteiger partial charge in [0, 0.05) is 14.2 Å². The minimum atomic E-state index is -1.25. The van der Waals surface area contributed by atoms with Crippen molar-refractivity contribution in [1.82, 2.24) is 0 Å². The van der Waals surface area contributed by atoms with Gasteiger partial charge in [0.1, 0.15) is 11.7 Å². The molecule has 1 rings (SSSR count). The first-order valence-corrected chi connectivity index (χ1v) is 4.83. The van der Waals surface area contributed by atoms with E-state index < -0.39 is 23.1 Å². The number of hydrogen-bond acceptors (Lipinski definition) is 3. The smallest absolute Gasteiger partial charge is 0.314 e. The Balaban J connectivity index is 3.08. The lowest BCUT2D eigenvalue weighted by atomic mass is 9.73. The largest absolute Gasteiger partial charge is 0.481 e. The number of carboxylic acid groups (broad SMARTS) is 1. The molecule has 16 heavy (non-hydrogen) atoms. The maximum atomic E-state index is 13.6. The lowest BCUT2D eigenvalue weighted by Crippen LogP contribution is -2.43. The fourth-order valence-corrected chi connectivity index (χ4v) is 2.00. The van der Waals surface area contributed by atoms with Crippen molar-refractivity contribution in [3.05, 3.63) is 24.1 Å². The number of ether oxygens (including phenoxy) is 2. The van der Waals surface area contributed by atoms with Crippen molar-refractivity contribution in [1.29, 1.82) is 0 Å². The fourth-order valence-electron chi connectivity index (χ4n) is 2.00. The zero-order chi connectivity index (χ0) is 12.2. The SMILES string of the molecule is COCC1(COC)C=CC=C(F)C1C(=O)O. The summed E-state index contributed by atoms with van der Waals surface area (Å²) in [6.07, 6.45) is 4.27. The van der Waals surface area contributed by atoms with Crippen LogP contribution in [-0.4, -0.2) is 38.5 Å². The van der Waals surface area contributed by atoms with Gasteiger partial charge in [0.25, 0.3) is 0 Å². The van der Waals surface area contributed by atoms with E-state index in [4.69, 9.17) is 14.6 Å². The van der Waals surface area contributed by atoms with Crippen LogP contribution in [-0.2, 0) is 14.3 Å². The predicted molar refractivity (Wildman–Crippen MR) is 55.6 cm³/mol. The summed E-state index contributed by atoms with van der Waals surface area (Å²) in [5.41, 5.74) is -0.978. The molecule has 0 spiro atoms. The number of rotatable bonds is 5. The maximum absolute atomic E-state index is 13.6. The Hall–Kier alpha value is -1.20. The normalized spacial score (nSPS) is 22.9. The molecule has 5 heteroatoms. The first-order chi connectivity index (χ1) is 7.57. The molecule has 0 heterocycles. The van der Waals surface area contributed by atoms with E-state index in [9.17, 15) is 9.18 Å². The molecule has 1 atom stereocenters. The Morgan fingerprint density at radius 1 is 1.50 bits per heavy atom. The summed E-state index contributed by atoms with van der Waals surface area (Å²) in [5, 5.41) is 9.07. The molecule has 1 aliphatic carbocycles. The third-order valence-electron chi connectivity index (χ3n) is 2.61. The van der Waals surface area contributed by atoms with Crippen LogP contribution in [0.15, 0.2) is 24.1 Å². The van der Waals surface area contributed by atoms with Gasteiger partial charge in [0.2, 0.25) is 0 Å². The van der Waals surface area contributed by atoms with Crippen molar-refractivity contribution in [3.63, 3.8) is 0 Å². The molecule has 0 aromatic heterocycles. The second-order valence-electron chi connectivity index (χ2n) is 3.78. The van der Waals surface area contributed by atoms with Gasteiger partial charge in [0.15, 0.2) is 0 Å². The first-order valence-electron chi connectivity index (χ1n) is 4.83. The highest BCUT2D eigenvalue weighted by Gasteiger charge is 2.45. The van der Waals surface area contributed by atoms with Crippen LogP contribution in [0.5, 0.6) is 0 Å². The Labute approximate surface area is 93.4 Å². The molecule has 0 aromatic rings. The van der Waals surface area contributed by atoms with Crippen LogP contribution in [0.3, 0.4) is 0 Å². The number of carbonyl (C=O) groups is 1.